The van der Waals surface area contributed by atoms with Crippen LogP contribution >= 0.6 is 0 Å². The summed E-state index contributed by atoms with van der Waals surface area (Å²) in [7, 11) is 0. The van der Waals surface area contributed by atoms with E-state index >= 15 is 0 Å². The van der Waals surface area contributed by atoms with E-state index in [2.05, 4.69) is 15.4 Å². The van der Waals surface area contributed by atoms with Crippen molar-refractivity contribution in [2.24, 2.45) is 0 Å². The lowest BCUT2D eigenvalue weighted by molar-refractivity contribution is 0.0713. The van der Waals surface area contributed by atoms with Gasteiger partial charge in [0.05, 0.1) is 24.0 Å². The van der Waals surface area contributed by atoms with Gasteiger partial charge in [-0.1, -0.05) is 25.0 Å². The standard InChI is InChI=1S/C22H23FN4O2/c23-18-14-24-20(22(29)26-19-4-1-2-5-21(19)28)13-16(18)12-15-6-8-17(9-7-15)27-11-3-10-25-27/h3,6-11,13-14,19,21,28H,1-2,4-5,12H2,(H,26,29)/t19-,21-/m0/s1. The first kappa shape index (κ1) is 19.3. The predicted molar refractivity (Wildman–Crippen MR) is 106 cm³/mol. The summed E-state index contributed by atoms with van der Waals surface area (Å²) in [5, 5.41) is 17.1. The zero-order valence-corrected chi connectivity index (χ0v) is 16.0. The molecule has 1 aromatic carbocycles. The van der Waals surface area contributed by atoms with Gasteiger partial charge in [-0.2, -0.15) is 5.10 Å². The lowest BCUT2D eigenvalue weighted by atomic mass is 9.92. The number of halogens is 1. The molecule has 7 heteroatoms. The van der Waals surface area contributed by atoms with Crippen molar-refractivity contribution in [1.82, 2.24) is 20.1 Å². The number of benzene rings is 1. The minimum Gasteiger partial charge on any atom is -0.391 e. The highest BCUT2D eigenvalue weighted by Crippen LogP contribution is 2.20. The van der Waals surface area contributed by atoms with Crippen LogP contribution in [0.4, 0.5) is 4.39 Å². The van der Waals surface area contributed by atoms with Crippen LogP contribution in [-0.2, 0) is 6.42 Å². The number of amides is 1. The average molecular weight is 394 g/mol. The minimum atomic E-state index is -0.541. The monoisotopic (exact) mass is 394 g/mol. The third-order valence-corrected chi connectivity index (χ3v) is 5.31. The number of pyridine rings is 1. The van der Waals surface area contributed by atoms with E-state index in [-0.39, 0.29) is 17.6 Å². The molecule has 2 heterocycles. The minimum absolute atomic E-state index is 0.160. The van der Waals surface area contributed by atoms with Crippen LogP contribution in [0.3, 0.4) is 0 Å². The molecule has 4 rings (SSSR count). The first-order valence-corrected chi connectivity index (χ1v) is 9.82. The van der Waals surface area contributed by atoms with E-state index in [1.54, 1.807) is 10.9 Å². The third-order valence-electron chi connectivity index (χ3n) is 5.31. The van der Waals surface area contributed by atoms with Crippen LogP contribution in [0, 0.1) is 5.82 Å². The van der Waals surface area contributed by atoms with Gasteiger partial charge in [0.25, 0.3) is 5.91 Å². The van der Waals surface area contributed by atoms with Crippen molar-refractivity contribution in [3.05, 3.63) is 77.6 Å². The predicted octanol–water partition coefficient (Wildman–Crippen LogP) is 3.03. The van der Waals surface area contributed by atoms with Crippen LogP contribution < -0.4 is 5.32 Å². The highest BCUT2D eigenvalue weighted by Gasteiger charge is 2.25. The van der Waals surface area contributed by atoms with Crippen molar-refractivity contribution >= 4 is 5.91 Å². The van der Waals surface area contributed by atoms with Gasteiger partial charge in [0.1, 0.15) is 11.5 Å². The van der Waals surface area contributed by atoms with Crippen molar-refractivity contribution < 1.29 is 14.3 Å². The van der Waals surface area contributed by atoms with Crippen molar-refractivity contribution in [3.8, 4) is 5.69 Å². The second-order valence-corrected chi connectivity index (χ2v) is 7.39. The molecule has 0 saturated heterocycles. The van der Waals surface area contributed by atoms with Crippen LogP contribution in [0.5, 0.6) is 0 Å². The van der Waals surface area contributed by atoms with Gasteiger partial charge in [0, 0.05) is 18.8 Å². The fourth-order valence-corrected chi connectivity index (χ4v) is 3.67. The molecule has 29 heavy (non-hydrogen) atoms. The maximum Gasteiger partial charge on any atom is 0.270 e. The summed E-state index contributed by atoms with van der Waals surface area (Å²) in [6.07, 6.45) is 7.81. The van der Waals surface area contributed by atoms with Crippen LogP contribution in [-0.4, -0.2) is 37.9 Å². The number of carbonyl (C=O) groups excluding carboxylic acids is 1. The van der Waals surface area contributed by atoms with Gasteiger partial charge in [-0.25, -0.2) is 14.1 Å². The molecule has 0 spiro atoms. The number of nitrogens with one attached hydrogen (secondary N) is 1. The molecule has 3 aromatic rings. The van der Waals surface area contributed by atoms with E-state index < -0.39 is 11.9 Å². The normalized spacial score (nSPS) is 19.1. The molecule has 1 aliphatic rings. The Morgan fingerprint density at radius 2 is 2.03 bits per heavy atom. The Morgan fingerprint density at radius 3 is 2.76 bits per heavy atom. The second-order valence-electron chi connectivity index (χ2n) is 7.39. The van der Waals surface area contributed by atoms with Gasteiger partial charge in [-0.3, -0.25) is 4.79 Å². The van der Waals surface area contributed by atoms with Crippen molar-refractivity contribution in [2.75, 3.05) is 0 Å². The highest BCUT2D eigenvalue weighted by molar-refractivity contribution is 5.92. The van der Waals surface area contributed by atoms with Gasteiger partial charge in [0.15, 0.2) is 0 Å². The third kappa shape index (κ3) is 4.51. The molecule has 0 unspecified atom stereocenters. The average Bonchev–Trinajstić information content (AvgIpc) is 3.27. The Kier molecular flexibility index (Phi) is 5.67. The van der Waals surface area contributed by atoms with Gasteiger partial charge in [0.2, 0.25) is 0 Å². The fraction of sp³-hybridized carbons (Fsp3) is 0.318. The van der Waals surface area contributed by atoms with E-state index in [9.17, 15) is 14.3 Å². The van der Waals surface area contributed by atoms with Crippen LogP contribution in [0.2, 0.25) is 0 Å². The molecular weight excluding hydrogens is 371 g/mol. The van der Waals surface area contributed by atoms with E-state index in [1.807, 2.05) is 36.5 Å². The first-order valence-electron chi connectivity index (χ1n) is 9.82. The number of aliphatic hydroxyl groups excluding tert-OH is 1. The fourth-order valence-electron chi connectivity index (χ4n) is 3.67. The van der Waals surface area contributed by atoms with E-state index in [1.165, 1.54) is 6.07 Å². The topological polar surface area (TPSA) is 80.0 Å². The lowest BCUT2D eigenvalue weighted by Gasteiger charge is -2.28. The maximum absolute atomic E-state index is 14.3. The van der Waals surface area contributed by atoms with Crippen LogP contribution in [0.15, 0.2) is 55.0 Å². The van der Waals surface area contributed by atoms with Gasteiger partial charge < -0.3 is 10.4 Å². The molecule has 0 radical (unpaired) electrons. The number of carbonyl (C=O) groups is 1. The summed E-state index contributed by atoms with van der Waals surface area (Å²) in [4.78, 5) is 16.5. The summed E-state index contributed by atoms with van der Waals surface area (Å²) in [5.41, 5.74) is 2.40. The number of hydrogen-bond donors (Lipinski definition) is 2. The van der Waals surface area contributed by atoms with Crippen molar-refractivity contribution in [2.45, 2.75) is 44.2 Å². The Hall–Kier alpha value is -3.06. The van der Waals surface area contributed by atoms with E-state index in [0.29, 0.717) is 18.4 Å². The summed E-state index contributed by atoms with van der Waals surface area (Å²) < 4.78 is 16.0. The largest absolute Gasteiger partial charge is 0.391 e. The van der Waals surface area contributed by atoms with E-state index in [0.717, 1.165) is 36.7 Å². The smallest absolute Gasteiger partial charge is 0.270 e. The molecule has 0 bridgehead atoms. The van der Waals surface area contributed by atoms with Gasteiger partial charge >= 0.3 is 0 Å². The molecule has 1 fully saturated rings. The Labute approximate surface area is 168 Å². The lowest BCUT2D eigenvalue weighted by Crippen LogP contribution is -2.45. The quantitative estimate of drug-likeness (QED) is 0.697. The molecule has 150 valence electrons. The summed E-state index contributed by atoms with van der Waals surface area (Å²) in [6, 6.07) is 10.7. The zero-order chi connectivity index (χ0) is 20.2. The molecule has 2 N–H and O–H groups in total. The van der Waals surface area contributed by atoms with Crippen molar-refractivity contribution in [3.63, 3.8) is 0 Å². The Bertz CT molecular complexity index is 973. The summed E-state index contributed by atoms with van der Waals surface area (Å²) in [5.74, 6) is -0.832. The van der Waals surface area contributed by atoms with Gasteiger partial charge in [-0.05, 0) is 48.2 Å². The van der Waals surface area contributed by atoms with E-state index in [4.69, 9.17) is 0 Å². The highest BCUT2D eigenvalue weighted by atomic mass is 19.1. The Morgan fingerprint density at radius 1 is 1.24 bits per heavy atom. The summed E-state index contributed by atoms with van der Waals surface area (Å²) >= 11 is 0. The van der Waals surface area contributed by atoms with Gasteiger partial charge in [-0.15, -0.1) is 0 Å². The molecular formula is C22H23FN4O2. The SMILES string of the molecule is O=C(N[C@H]1CCCC[C@@H]1O)c1cc(Cc2ccc(-n3cccn3)cc2)c(F)cn1. The number of hydrogen-bond acceptors (Lipinski definition) is 4. The number of nitrogens with zero attached hydrogens (tertiary/aromatic N) is 3. The maximum atomic E-state index is 14.3. The van der Waals surface area contributed by atoms with Crippen LogP contribution in [0.1, 0.15) is 47.3 Å². The van der Waals surface area contributed by atoms with Crippen molar-refractivity contribution in [1.29, 1.82) is 0 Å². The molecule has 1 aliphatic carbocycles. The molecule has 2 atom stereocenters. The second kappa shape index (κ2) is 8.53. The molecule has 1 saturated carbocycles. The zero-order valence-electron chi connectivity index (χ0n) is 16.0. The molecule has 1 amide bonds. The number of aliphatic hydroxyl groups is 1. The molecule has 2 aromatic heterocycles. The Balaban J connectivity index is 1.47. The summed E-state index contributed by atoms with van der Waals surface area (Å²) in [6.45, 7) is 0. The van der Waals surface area contributed by atoms with Crippen LogP contribution in [0.25, 0.3) is 5.69 Å². The number of aromatic nitrogens is 3. The molecule has 0 aliphatic heterocycles. The molecule has 6 nitrogen and oxygen atoms in total. The number of rotatable bonds is 5. The first-order chi connectivity index (χ1) is 14.1.